The number of hydrogen-bond acceptors (Lipinski definition) is 4. The van der Waals surface area contributed by atoms with Crippen molar-refractivity contribution in [2.45, 2.75) is 19.9 Å². The maximum atomic E-state index is 12.1. The molecule has 0 saturated carbocycles. The Kier molecular flexibility index (Phi) is 5.42. The van der Waals surface area contributed by atoms with Gasteiger partial charge in [-0.1, -0.05) is 28.1 Å². The highest BCUT2D eigenvalue weighted by molar-refractivity contribution is 9.10. The minimum Gasteiger partial charge on any atom is -0.484 e. The highest BCUT2D eigenvalue weighted by Gasteiger charge is 2.11. The molecule has 0 spiro atoms. The second-order valence-electron chi connectivity index (χ2n) is 6.04. The minimum absolute atomic E-state index is 0.123. The van der Waals surface area contributed by atoms with Crippen molar-refractivity contribution in [1.82, 2.24) is 5.32 Å². The number of fused-ring (bicyclic) bond motifs is 1. The normalized spacial score (nSPS) is 12.0. The van der Waals surface area contributed by atoms with Crippen molar-refractivity contribution in [2.75, 3.05) is 6.61 Å². The van der Waals surface area contributed by atoms with Crippen molar-refractivity contribution in [3.05, 3.63) is 74.6 Å². The zero-order chi connectivity index (χ0) is 18.7. The lowest BCUT2D eigenvalue weighted by Crippen LogP contribution is -2.31. The average Bonchev–Trinajstić information content (AvgIpc) is 2.60. The van der Waals surface area contributed by atoms with Crippen LogP contribution < -0.4 is 15.7 Å². The summed E-state index contributed by atoms with van der Waals surface area (Å²) >= 11 is 3.39. The standard InChI is InChI=1S/C20H18BrNO4/c1-12-9-20(24)26-18-10-16(7-8-17(12)18)25-11-19(23)22-13(2)14-3-5-15(21)6-4-14/h3-10,13H,11H2,1-2H3,(H,22,23)/t13-/m1/s1. The summed E-state index contributed by atoms with van der Waals surface area (Å²) < 4.78 is 11.7. The van der Waals surface area contributed by atoms with Gasteiger partial charge >= 0.3 is 5.63 Å². The SMILES string of the molecule is Cc1cc(=O)oc2cc(OCC(=O)N[C@H](C)c3ccc(Br)cc3)ccc12. The van der Waals surface area contributed by atoms with Gasteiger partial charge in [-0.25, -0.2) is 4.79 Å². The van der Waals surface area contributed by atoms with Gasteiger partial charge in [-0.3, -0.25) is 4.79 Å². The number of hydrogen-bond donors (Lipinski definition) is 1. The van der Waals surface area contributed by atoms with Gasteiger partial charge in [0.25, 0.3) is 5.91 Å². The summed E-state index contributed by atoms with van der Waals surface area (Å²) in [6, 6.07) is 14.3. The molecule has 1 atom stereocenters. The van der Waals surface area contributed by atoms with Gasteiger partial charge in [0.15, 0.2) is 6.61 Å². The van der Waals surface area contributed by atoms with Crippen LogP contribution >= 0.6 is 15.9 Å². The van der Waals surface area contributed by atoms with Crippen LogP contribution in [0.1, 0.15) is 24.1 Å². The lowest BCUT2D eigenvalue weighted by molar-refractivity contribution is -0.123. The van der Waals surface area contributed by atoms with Crippen LogP contribution in [-0.4, -0.2) is 12.5 Å². The Hall–Kier alpha value is -2.60. The van der Waals surface area contributed by atoms with E-state index in [-0.39, 0.29) is 18.6 Å². The molecule has 0 fully saturated rings. The molecule has 0 unspecified atom stereocenters. The van der Waals surface area contributed by atoms with Gasteiger partial charge in [0.05, 0.1) is 6.04 Å². The third-order valence-electron chi connectivity index (χ3n) is 4.04. The predicted molar refractivity (Wildman–Crippen MR) is 103 cm³/mol. The number of amides is 1. The quantitative estimate of drug-likeness (QED) is 0.636. The van der Waals surface area contributed by atoms with Crippen LogP contribution in [0, 0.1) is 6.92 Å². The van der Waals surface area contributed by atoms with Crippen molar-refractivity contribution >= 4 is 32.8 Å². The molecule has 1 heterocycles. The third-order valence-corrected chi connectivity index (χ3v) is 4.57. The first-order valence-electron chi connectivity index (χ1n) is 8.14. The molecule has 3 rings (SSSR count). The molecular formula is C20H18BrNO4. The average molecular weight is 416 g/mol. The molecule has 6 heteroatoms. The lowest BCUT2D eigenvalue weighted by atomic mass is 10.1. The summed E-state index contributed by atoms with van der Waals surface area (Å²) in [4.78, 5) is 23.6. The van der Waals surface area contributed by atoms with E-state index in [1.165, 1.54) is 6.07 Å². The molecule has 5 nitrogen and oxygen atoms in total. The highest BCUT2D eigenvalue weighted by atomic mass is 79.9. The Balaban J connectivity index is 1.63. The van der Waals surface area contributed by atoms with E-state index in [4.69, 9.17) is 9.15 Å². The molecule has 26 heavy (non-hydrogen) atoms. The predicted octanol–water partition coefficient (Wildman–Crippen LogP) is 4.12. The van der Waals surface area contributed by atoms with Crippen LogP contribution in [0.25, 0.3) is 11.0 Å². The van der Waals surface area contributed by atoms with E-state index in [9.17, 15) is 9.59 Å². The van der Waals surface area contributed by atoms with Crippen LogP contribution in [0.3, 0.4) is 0 Å². The first-order valence-corrected chi connectivity index (χ1v) is 8.94. The molecule has 0 aliphatic rings. The fourth-order valence-corrected chi connectivity index (χ4v) is 2.93. The van der Waals surface area contributed by atoms with Gasteiger partial charge in [-0.15, -0.1) is 0 Å². The molecular weight excluding hydrogens is 398 g/mol. The first-order chi connectivity index (χ1) is 12.4. The number of rotatable bonds is 5. The van der Waals surface area contributed by atoms with Crippen molar-refractivity contribution in [3.8, 4) is 5.75 Å². The summed E-state index contributed by atoms with van der Waals surface area (Å²) in [7, 11) is 0. The fraction of sp³-hybridized carbons (Fsp3) is 0.200. The molecule has 134 valence electrons. The summed E-state index contributed by atoms with van der Waals surface area (Å²) in [5.41, 5.74) is 1.87. The van der Waals surface area contributed by atoms with Gasteiger partial charge in [0, 0.05) is 22.0 Å². The monoisotopic (exact) mass is 415 g/mol. The summed E-state index contributed by atoms with van der Waals surface area (Å²) in [5.74, 6) is 0.240. The third kappa shape index (κ3) is 4.32. The van der Waals surface area contributed by atoms with Crippen LogP contribution in [0.4, 0.5) is 0 Å². The minimum atomic E-state index is -0.409. The second kappa shape index (κ2) is 7.74. The molecule has 2 aromatic carbocycles. The van der Waals surface area contributed by atoms with Gasteiger partial charge in [0.2, 0.25) is 0 Å². The van der Waals surface area contributed by atoms with Crippen molar-refractivity contribution < 1.29 is 13.9 Å². The van der Waals surface area contributed by atoms with E-state index in [0.717, 1.165) is 21.0 Å². The molecule has 1 amide bonds. The number of benzene rings is 2. The van der Waals surface area contributed by atoms with Crippen molar-refractivity contribution in [2.24, 2.45) is 0 Å². The zero-order valence-electron chi connectivity index (χ0n) is 14.4. The van der Waals surface area contributed by atoms with Crippen molar-refractivity contribution in [1.29, 1.82) is 0 Å². The molecule has 1 N–H and O–H groups in total. The van der Waals surface area contributed by atoms with E-state index in [2.05, 4.69) is 21.2 Å². The van der Waals surface area contributed by atoms with E-state index in [0.29, 0.717) is 11.3 Å². The maximum absolute atomic E-state index is 12.1. The number of halogens is 1. The van der Waals surface area contributed by atoms with Gasteiger partial charge in [0.1, 0.15) is 11.3 Å². The number of aryl methyl sites for hydroxylation is 1. The molecule has 3 aromatic rings. The number of ether oxygens (including phenoxy) is 1. The van der Waals surface area contributed by atoms with Crippen LogP contribution in [0.5, 0.6) is 5.75 Å². The summed E-state index contributed by atoms with van der Waals surface area (Å²) in [5, 5.41) is 3.73. The Morgan fingerprint density at radius 2 is 1.92 bits per heavy atom. The maximum Gasteiger partial charge on any atom is 0.336 e. The molecule has 0 bridgehead atoms. The van der Waals surface area contributed by atoms with E-state index in [1.807, 2.05) is 44.2 Å². The second-order valence-corrected chi connectivity index (χ2v) is 6.95. The van der Waals surface area contributed by atoms with E-state index >= 15 is 0 Å². The van der Waals surface area contributed by atoms with Crippen molar-refractivity contribution in [3.63, 3.8) is 0 Å². The number of nitrogens with one attached hydrogen (secondary N) is 1. The topological polar surface area (TPSA) is 68.5 Å². The summed E-state index contributed by atoms with van der Waals surface area (Å²) in [6.07, 6.45) is 0. The van der Waals surface area contributed by atoms with E-state index < -0.39 is 5.63 Å². The highest BCUT2D eigenvalue weighted by Crippen LogP contribution is 2.22. The number of carbonyl (C=O) groups is 1. The van der Waals surface area contributed by atoms with Crippen LogP contribution in [-0.2, 0) is 4.79 Å². The lowest BCUT2D eigenvalue weighted by Gasteiger charge is -2.15. The first kappa shape index (κ1) is 18.2. The zero-order valence-corrected chi connectivity index (χ0v) is 16.0. The molecule has 0 radical (unpaired) electrons. The van der Waals surface area contributed by atoms with Gasteiger partial charge in [-0.05, 0) is 49.2 Å². The van der Waals surface area contributed by atoms with Gasteiger partial charge in [-0.2, -0.15) is 0 Å². The van der Waals surface area contributed by atoms with Gasteiger partial charge < -0.3 is 14.5 Å². The molecule has 0 aliphatic heterocycles. The molecule has 0 saturated heterocycles. The fourth-order valence-electron chi connectivity index (χ4n) is 2.66. The Bertz CT molecular complexity index is 995. The van der Waals surface area contributed by atoms with E-state index in [1.54, 1.807) is 12.1 Å². The Labute approximate surface area is 159 Å². The smallest absolute Gasteiger partial charge is 0.336 e. The molecule has 0 aliphatic carbocycles. The molecule has 1 aromatic heterocycles. The van der Waals surface area contributed by atoms with Crippen LogP contribution in [0.15, 0.2) is 62.2 Å². The van der Waals surface area contributed by atoms with Crippen LogP contribution in [0.2, 0.25) is 0 Å². The summed E-state index contributed by atoms with van der Waals surface area (Å²) in [6.45, 7) is 3.63. The largest absolute Gasteiger partial charge is 0.484 e. The Morgan fingerprint density at radius 3 is 2.65 bits per heavy atom. The number of carbonyl (C=O) groups excluding carboxylic acids is 1. The Morgan fingerprint density at radius 1 is 1.19 bits per heavy atom.